The van der Waals surface area contributed by atoms with E-state index in [4.69, 9.17) is 16.6 Å². The Morgan fingerprint density at radius 2 is 2.10 bits per heavy atom. The number of aliphatic hydroxyl groups is 1. The topological polar surface area (TPSA) is 162 Å². The number of carbonyl (C=O) groups excluding carboxylic acids is 1. The van der Waals surface area contributed by atoms with Crippen LogP contribution in [0.2, 0.25) is 0 Å². The van der Waals surface area contributed by atoms with Crippen LogP contribution in [0.4, 0.5) is 0 Å². The first-order valence-electron chi connectivity index (χ1n) is 10.5. The second kappa shape index (κ2) is 6.85. The van der Waals surface area contributed by atoms with Crippen molar-refractivity contribution in [2.75, 3.05) is 13.1 Å². The van der Waals surface area contributed by atoms with E-state index in [1.807, 2.05) is 12.1 Å². The minimum atomic E-state index is -1.10. The number of aryl methyl sites for hydroxylation is 1. The van der Waals surface area contributed by atoms with Gasteiger partial charge in [-0.15, -0.1) is 0 Å². The van der Waals surface area contributed by atoms with Gasteiger partial charge < -0.3 is 37.0 Å². The maximum Gasteiger partial charge on any atom is 0.251 e. The van der Waals surface area contributed by atoms with Crippen LogP contribution in [-0.2, 0) is 12.8 Å². The summed E-state index contributed by atoms with van der Waals surface area (Å²) in [5.41, 5.74) is 7.77. The summed E-state index contributed by atoms with van der Waals surface area (Å²) in [5.74, 6) is -0.0109. The molecule has 1 aromatic carbocycles. The maximum atomic E-state index is 13.2. The highest BCUT2D eigenvalue weighted by atomic mass is 16.3. The molecule has 3 saturated heterocycles. The number of carbonyl (C=O) groups is 1. The minimum Gasteiger partial charge on any atom is -0.386 e. The summed E-state index contributed by atoms with van der Waals surface area (Å²) in [6.07, 6.45) is 3.06. The van der Waals surface area contributed by atoms with Crippen LogP contribution < -0.4 is 27.0 Å². The standard InChI is InChI=1S/C20H28N8O2/c21-8-13-15-20(27-18(22)26-15)16(29)14(9-28(20)19(23)25-13)24-17(30)12-7-3-5-10-4-1-2-6-11(10)12/h3,5,7,13-16,29H,1-2,4,6,8-9,21H2,(H2,23,25)(H,24,30)(H3,22,26,27)/t13-,14?,15-,16+,20-/m0/s1. The smallest absolute Gasteiger partial charge is 0.251 e. The monoisotopic (exact) mass is 412 g/mol. The highest BCUT2D eigenvalue weighted by molar-refractivity contribution is 5.96. The summed E-state index contributed by atoms with van der Waals surface area (Å²) in [7, 11) is 0. The van der Waals surface area contributed by atoms with Gasteiger partial charge in [0.2, 0.25) is 0 Å². The van der Waals surface area contributed by atoms with Crippen molar-refractivity contribution in [1.29, 1.82) is 10.8 Å². The van der Waals surface area contributed by atoms with Gasteiger partial charge in [0, 0.05) is 18.7 Å². The van der Waals surface area contributed by atoms with Crippen molar-refractivity contribution in [2.24, 2.45) is 5.73 Å². The van der Waals surface area contributed by atoms with E-state index in [0.717, 1.165) is 31.2 Å². The highest BCUT2D eigenvalue weighted by Gasteiger charge is 2.66. The van der Waals surface area contributed by atoms with Gasteiger partial charge in [-0.1, -0.05) is 12.1 Å². The molecule has 9 N–H and O–H groups in total. The van der Waals surface area contributed by atoms with Crippen molar-refractivity contribution in [3.63, 3.8) is 0 Å². The van der Waals surface area contributed by atoms with Crippen molar-refractivity contribution in [3.8, 4) is 0 Å². The number of nitrogens with zero attached hydrogens (tertiary/aromatic N) is 1. The zero-order valence-corrected chi connectivity index (χ0v) is 16.7. The molecule has 3 fully saturated rings. The van der Waals surface area contributed by atoms with Crippen LogP contribution in [0.15, 0.2) is 18.2 Å². The normalized spacial score (nSPS) is 34.3. The molecule has 0 saturated carbocycles. The van der Waals surface area contributed by atoms with E-state index in [2.05, 4.69) is 27.3 Å². The highest BCUT2D eigenvalue weighted by Crippen LogP contribution is 2.37. The Bertz CT molecular complexity index is 920. The van der Waals surface area contributed by atoms with E-state index in [1.165, 1.54) is 5.56 Å². The van der Waals surface area contributed by atoms with Gasteiger partial charge in [0.05, 0.1) is 18.1 Å². The summed E-state index contributed by atoms with van der Waals surface area (Å²) in [6, 6.07) is 4.50. The Labute approximate surface area is 174 Å². The first kappa shape index (κ1) is 19.1. The molecule has 0 bridgehead atoms. The molecule has 5 rings (SSSR count). The van der Waals surface area contributed by atoms with Crippen LogP contribution in [0.3, 0.4) is 0 Å². The van der Waals surface area contributed by atoms with Gasteiger partial charge in [-0.25, -0.2) is 0 Å². The summed E-state index contributed by atoms with van der Waals surface area (Å²) in [6.45, 7) is 0.494. The third kappa shape index (κ3) is 2.60. The van der Waals surface area contributed by atoms with Crippen LogP contribution >= 0.6 is 0 Å². The van der Waals surface area contributed by atoms with Gasteiger partial charge >= 0.3 is 0 Å². The van der Waals surface area contributed by atoms with Crippen molar-refractivity contribution in [1.82, 2.24) is 26.2 Å². The number of amides is 1. The summed E-state index contributed by atoms with van der Waals surface area (Å²) < 4.78 is 0. The lowest BCUT2D eigenvalue weighted by Gasteiger charge is -2.49. The molecule has 5 atom stereocenters. The van der Waals surface area contributed by atoms with Crippen molar-refractivity contribution in [3.05, 3.63) is 34.9 Å². The Balaban J connectivity index is 1.43. The number of nitrogens with two attached hydrogens (primary N) is 1. The molecular weight excluding hydrogens is 384 g/mol. The van der Waals surface area contributed by atoms with Crippen LogP contribution in [0, 0.1) is 10.8 Å². The molecule has 30 heavy (non-hydrogen) atoms. The van der Waals surface area contributed by atoms with E-state index in [1.54, 1.807) is 4.90 Å². The fourth-order valence-corrected chi connectivity index (χ4v) is 5.57. The van der Waals surface area contributed by atoms with E-state index in [-0.39, 0.29) is 37.0 Å². The lowest BCUT2D eigenvalue weighted by Crippen LogP contribution is -2.77. The van der Waals surface area contributed by atoms with Crippen molar-refractivity contribution >= 4 is 17.8 Å². The molecule has 10 heteroatoms. The Kier molecular flexibility index (Phi) is 4.37. The number of rotatable bonds is 3. The van der Waals surface area contributed by atoms with E-state index in [9.17, 15) is 9.90 Å². The molecule has 1 amide bonds. The Morgan fingerprint density at radius 1 is 1.30 bits per heavy atom. The molecule has 1 aromatic rings. The SMILES string of the molecule is N=C1N[C@H]2[C@H](CN)NC(=N)N3CC(NC(=O)c4cccc5c4CCCC5)[C@@H](O)[C@]23N1. The number of hydrogen-bond acceptors (Lipinski definition) is 5. The molecule has 4 aliphatic rings. The molecule has 0 aromatic heterocycles. The average molecular weight is 412 g/mol. The predicted molar refractivity (Wildman–Crippen MR) is 111 cm³/mol. The van der Waals surface area contributed by atoms with Gasteiger partial charge in [0.25, 0.3) is 5.91 Å². The van der Waals surface area contributed by atoms with Gasteiger partial charge in [-0.2, -0.15) is 0 Å². The van der Waals surface area contributed by atoms with Gasteiger partial charge in [0.1, 0.15) is 6.10 Å². The average Bonchev–Trinajstić information content (AvgIpc) is 3.24. The van der Waals surface area contributed by atoms with E-state index >= 15 is 0 Å². The number of benzene rings is 1. The molecule has 3 heterocycles. The van der Waals surface area contributed by atoms with Crippen LogP contribution in [0.5, 0.6) is 0 Å². The lowest BCUT2D eigenvalue weighted by molar-refractivity contribution is 0.00693. The third-order valence-corrected chi connectivity index (χ3v) is 6.96. The van der Waals surface area contributed by atoms with Gasteiger partial charge in [-0.05, 0) is 42.9 Å². The quantitative estimate of drug-likeness (QED) is 0.296. The van der Waals surface area contributed by atoms with Gasteiger partial charge in [0.15, 0.2) is 17.6 Å². The number of aliphatic hydroxyl groups excluding tert-OH is 1. The second-order valence-electron chi connectivity index (χ2n) is 8.57. The lowest BCUT2D eigenvalue weighted by atomic mass is 9.86. The van der Waals surface area contributed by atoms with E-state index < -0.39 is 23.9 Å². The summed E-state index contributed by atoms with van der Waals surface area (Å²) in [4.78, 5) is 14.9. The fraction of sp³-hybridized carbons (Fsp3) is 0.550. The zero-order chi connectivity index (χ0) is 21.0. The summed E-state index contributed by atoms with van der Waals surface area (Å²) in [5, 5.41) is 39.9. The molecule has 10 nitrogen and oxygen atoms in total. The Hall–Kier alpha value is -2.85. The van der Waals surface area contributed by atoms with Crippen LogP contribution in [0.1, 0.15) is 34.3 Å². The Morgan fingerprint density at radius 3 is 2.90 bits per heavy atom. The van der Waals surface area contributed by atoms with Crippen molar-refractivity contribution in [2.45, 2.75) is 55.6 Å². The molecule has 1 unspecified atom stereocenters. The number of guanidine groups is 2. The van der Waals surface area contributed by atoms with Crippen LogP contribution in [-0.4, -0.2) is 70.8 Å². The number of hydrogen-bond donors (Lipinski definition) is 8. The van der Waals surface area contributed by atoms with Gasteiger partial charge in [-0.3, -0.25) is 15.6 Å². The molecular formula is C20H28N8O2. The molecule has 3 aliphatic heterocycles. The molecule has 0 radical (unpaired) electrons. The molecule has 160 valence electrons. The zero-order valence-electron chi connectivity index (χ0n) is 16.7. The third-order valence-electron chi connectivity index (χ3n) is 6.96. The maximum absolute atomic E-state index is 13.2. The first-order valence-corrected chi connectivity index (χ1v) is 10.5. The largest absolute Gasteiger partial charge is 0.386 e. The molecule has 1 spiro atoms. The van der Waals surface area contributed by atoms with Crippen LogP contribution in [0.25, 0.3) is 0 Å². The number of fused-ring (bicyclic) bond motifs is 1. The first-order chi connectivity index (χ1) is 14.5. The second-order valence-corrected chi connectivity index (χ2v) is 8.57. The van der Waals surface area contributed by atoms with E-state index in [0.29, 0.717) is 5.56 Å². The minimum absolute atomic E-state index is 0.0723. The number of nitrogens with one attached hydrogen (secondary N) is 6. The predicted octanol–water partition coefficient (Wildman–Crippen LogP) is -1.60. The summed E-state index contributed by atoms with van der Waals surface area (Å²) >= 11 is 0. The van der Waals surface area contributed by atoms with Crippen molar-refractivity contribution < 1.29 is 9.90 Å². The fourth-order valence-electron chi connectivity index (χ4n) is 5.57. The molecule has 1 aliphatic carbocycles.